The van der Waals surface area contributed by atoms with Crippen LogP contribution in [0.15, 0.2) is 58.2 Å². The molecule has 0 unspecified atom stereocenters. The third-order valence-corrected chi connectivity index (χ3v) is 4.00. The van der Waals surface area contributed by atoms with Gasteiger partial charge in [0, 0.05) is 10.7 Å². The summed E-state index contributed by atoms with van der Waals surface area (Å²) < 4.78 is 27.1. The topological polar surface area (TPSA) is 59.1 Å². The van der Waals surface area contributed by atoms with Crippen molar-refractivity contribution in [1.82, 2.24) is 4.98 Å². The summed E-state index contributed by atoms with van der Waals surface area (Å²) in [4.78, 5) is 3.81. The van der Waals surface area contributed by atoms with Crippen LogP contribution in [0.4, 0.5) is 5.69 Å². The molecule has 4 nitrogen and oxygen atoms in total. The quantitative estimate of drug-likeness (QED) is 0.947. The zero-order valence-electron chi connectivity index (χ0n) is 8.67. The van der Waals surface area contributed by atoms with Gasteiger partial charge in [-0.15, -0.1) is 0 Å². The van der Waals surface area contributed by atoms with Gasteiger partial charge in [0.05, 0.1) is 5.69 Å². The van der Waals surface area contributed by atoms with Crippen molar-refractivity contribution in [1.29, 1.82) is 0 Å². The summed E-state index contributed by atoms with van der Waals surface area (Å²) in [6, 6.07) is 11.7. The first-order chi connectivity index (χ1) is 8.09. The van der Waals surface area contributed by atoms with Crippen molar-refractivity contribution in [3.8, 4) is 0 Å². The predicted molar refractivity (Wildman–Crippen MR) is 69.2 cm³/mol. The van der Waals surface area contributed by atoms with E-state index < -0.39 is 10.0 Å². The molecule has 88 valence electrons. The molecule has 2 rings (SSSR count). The highest BCUT2D eigenvalue weighted by molar-refractivity contribution is 9.10. The Hall–Kier alpha value is -1.40. The molecule has 0 aliphatic heterocycles. The van der Waals surface area contributed by atoms with Gasteiger partial charge >= 0.3 is 0 Å². The van der Waals surface area contributed by atoms with Crippen molar-refractivity contribution in [2.75, 3.05) is 4.72 Å². The lowest BCUT2D eigenvalue weighted by molar-refractivity contribution is 0.597. The largest absolute Gasteiger partial charge is 0.279 e. The van der Waals surface area contributed by atoms with E-state index in [1.807, 2.05) is 6.07 Å². The Labute approximate surface area is 108 Å². The van der Waals surface area contributed by atoms with Crippen LogP contribution in [0.1, 0.15) is 0 Å². The van der Waals surface area contributed by atoms with Crippen molar-refractivity contribution < 1.29 is 8.42 Å². The van der Waals surface area contributed by atoms with Gasteiger partial charge in [0.25, 0.3) is 10.0 Å². The molecule has 0 spiro atoms. The fourth-order valence-corrected chi connectivity index (χ4v) is 2.79. The Morgan fingerprint density at radius 3 is 2.41 bits per heavy atom. The lowest BCUT2D eigenvalue weighted by Crippen LogP contribution is -2.14. The van der Waals surface area contributed by atoms with Gasteiger partial charge in [-0.2, -0.15) is 8.42 Å². The monoisotopic (exact) mass is 312 g/mol. The van der Waals surface area contributed by atoms with Crippen LogP contribution < -0.4 is 4.72 Å². The molecule has 1 heterocycles. The average Bonchev–Trinajstić information content (AvgIpc) is 2.33. The second kappa shape index (κ2) is 4.85. The van der Waals surface area contributed by atoms with Crippen LogP contribution in [0.25, 0.3) is 0 Å². The molecular formula is C11H9BrN2O2S. The molecule has 1 aromatic heterocycles. The van der Waals surface area contributed by atoms with Crippen LogP contribution in [0.3, 0.4) is 0 Å². The number of rotatable bonds is 3. The number of para-hydroxylation sites is 1. The zero-order chi connectivity index (χ0) is 12.3. The average molecular weight is 313 g/mol. The Kier molecular flexibility index (Phi) is 3.44. The predicted octanol–water partition coefficient (Wildman–Crippen LogP) is 2.64. The lowest BCUT2D eigenvalue weighted by atomic mass is 10.3. The second-order valence-electron chi connectivity index (χ2n) is 3.25. The SMILES string of the molecule is O=S(=O)(Nc1ccccc1Br)c1ccccn1. The molecule has 0 atom stereocenters. The van der Waals surface area contributed by atoms with E-state index in [2.05, 4.69) is 25.6 Å². The van der Waals surface area contributed by atoms with E-state index in [0.29, 0.717) is 10.2 Å². The number of aromatic nitrogens is 1. The number of hydrogen-bond donors (Lipinski definition) is 1. The minimum Gasteiger partial charge on any atom is -0.277 e. The molecule has 0 fully saturated rings. The standard InChI is InChI=1S/C11H9BrN2O2S/c12-9-5-1-2-6-10(9)14-17(15,16)11-7-3-4-8-13-11/h1-8,14H. The molecule has 6 heteroatoms. The minimum atomic E-state index is -3.63. The summed E-state index contributed by atoms with van der Waals surface area (Å²) in [5, 5.41) is -0.00393. The van der Waals surface area contributed by atoms with Gasteiger partial charge in [0.1, 0.15) is 0 Å². The van der Waals surface area contributed by atoms with Gasteiger partial charge in [-0.05, 0) is 40.2 Å². The highest BCUT2D eigenvalue weighted by atomic mass is 79.9. The summed E-state index contributed by atoms with van der Waals surface area (Å²) in [7, 11) is -3.63. The third-order valence-electron chi connectivity index (χ3n) is 2.03. The fraction of sp³-hybridized carbons (Fsp3) is 0. The first kappa shape index (κ1) is 12.1. The number of pyridine rings is 1. The molecule has 1 aromatic carbocycles. The van der Waals surface area contributed by atoms with Gasteiger partial charge in [-0.3, -0.25) is 4.72 Å². The number of halogens is 1. The Morgan fingerprint density at radius 1 is 1.06 bits per heavy atom. The van der Waals surface area contributed by atoms with Crippen LogP contribution in [-0.2, 0) is 10.0 Å². The molecule has 0 amide bonds. The van der Waals surface area contributed by atoms with Crippen LogP contribution >= 0.6 is 15.9 Å². The summed E-state index contributed by atoms with van der Waals surface area (Å²) in [6.45, 7) is 0. The Bertz CT molecular complexity index is 614. The Balaban J connectivity index is 2.34. The van der Waals surface area contributed by atoms with E-state index in [1.54, 1.807) is 30.3 Å². The molecular weight excluding hydrogens is 304 g/mol. The number of anilines is 1. The Morgan fingerprint density at radius 2 is 1.76 bits per heavy atom. The minimum absolute atomic E-state index is 0.00393. The normalized spacial score (nSPS) is 11.1. The highest BCUT2D eigenvalue weighted by Gasteiger charge is 2.15. The van der Waals surface area contributed by atoms with E-state index >= 15 is 0 Å². The van der Waals surface area contributed by atoms with E-state index in [9.17, 15) is 8.42 Å². The molecule has 17 heavy (non-hydrogen) atoms. The van der Waals surface area contributed by atoms with Crippen LogP contribution in [0, 0.1) is 0 Å². The molecule has 0 aliphatic carbocycles. The molecule has 0 radical (unpaired) electrons. The maximum atomic E-state index is 12.0. The molecule has 0 saturated carbocycles. The van der Waals surface area contributed by atoms with E-state index in [1.165, 1.54) is 12.3 Å². The van der Waals surface area contributed by atoms with Gasteiger partial charge in [0.2, 0.25) is 0 Å². The summed E-state index contributed by atoms with van der Waals surface area (Å²) in [5.74, 6) is 0. The molecule has 1 N–H and O–H groups in total. The van der Waals surface area contributed by atoms with Gasteiger partial charge < -0.3 is 0 Å². The van der Waals surface area contributed by atoms with E-state index in [0.717, 1.165) is 0 Å². The van der Waals surface area contributed by atoms with Crippen molar-refractivity contribution in [2.45, 2.75) is 5.03 Å². The summed E-state index contributed by atoms with van der Waals surface area (Å²) in [6.07, 6.45) is 1.44. The first-order valence-corrected chi connectivity index (χ1v) is 7.05. The smallest absolute Gasteiger partial charge is 0.277 e. The number of benzene rings is 1. The third kappa shape index (κ3) is 2.83. The maximum Gasteiger partial charge on any atom is 0.279 e. The van der Waals surface area contributed by atoms with E-state index in [4.69, 9.17) is 0 Å². The van der Waals surface area contributed by atoms with Gasteiger partial charge in [0.15, 0.2) is 5.03 Å². The van der Waals surface area contributed by atoms with E-state index in [-0.39, 0.29) is 5.03 Å². The van der Waals surface area contributed by atoms with Crippen LogP contribution in [0.5, 0.6) is 0 Å². The fourth-order valence-electron chi connectivity index (χ4n) is 1.25. The van der Waals surface area contributed by atoms with Crippen molar-refractivity contribution in [2.24, 2.45) is 0 Å². The van der Waals surface area contributed by atoms with Crippen molar-refractivity contribution in [3.63, 3.8) is 0 Å². The molecule has 0 bridgehead atoms. The first-order valence-electron chi connectivity index (χ1n) is 4.78. The van der Waals surface area contributed by atoms with Gasteiger partial charge in [-0.1, -0.05) is 18.2 Å². The maximum absolute atomic E-state index is 12.0. The van der Waals surface area contributed by atoms with Gasteiger partial charge in [-0.25, -0.2) is 4.98 Å². The molecule has 0 saturated heterocycles. The number of nitrogens with one attached hydrogen (secondary N) is 1. The lowest BCUT2D eigenvalue weighted by Gasteiger charge is -2.08. The van der Waals surface area contributed by atoms with Crippen molar-refractivity contribution in [3.05, 3.63) is 53.1 Å². The summed E-state index contributed by atoms with van der Waals surface area (Å²) in [5.41, 5.74) is 0.484. The number of nitrogens with zero attached hydrogens (tertiary/aromatic N) is 1. The molecule has 2 aromatic rings. The zero-order valence-corrected chi connectivity index (χ0v) is 11.1. The second-order valence-corrected chi connectivity index (χ2v) is 5.74. The van der Waals surface area contributed by atoms with Crippen LogP contribution in [0.2, 0.25) is 0 Å². The molecule has 0 aliphatic rings. The highest BCUT2D eigenvalue weighted by Crippen LogP contribution is 2.23. The number of hydrogen-bond acceptors (Lipinski definition) is 3. The number of sulfonamides is 1. The van der Waals surface area contributed by atoms with Crippen LogP contribution in [-0.4, -0.2) is 13.4 Å². The van der Waals surface area contributed by atoms with Crippen molar-refractivity contribution >= 4 is 31.6 Å². The summed E-state index contributed by atoms with van der Waals surface area (Å²) >= 11 is 3.27.